The number of carbonyl (C=O) groups is 3. The molecule has 3 aromatic carbocycles. The Bertz CT molecular complexity index is 1550. The summed E-state index contributed by atoms with van der Waals surface area (Å²) >= 11 is 0. The third-order valence-electron chi connectivity index (χ3n) is 9.76. The van der Waals surface area contributed by atoms with Gasteiger partial charge in [-0.1, -0.05) is 42.5 Å². The SMILES string of the molecule is NC1CCC(O[C@H]2CCCCN2Cc2ccc(Cc3ccc4c5c(cccc35)C(=O)N4[C@H]3CCC(=O)NC3=O)cc2)CC1. The van der Waals surface area contributed by atoms with E-state index in [9.17, 15) is 14.4 Å². The molecule has 4 aliphatic rings. The topological polar surface area (TPSA) is 105 Å². The number of anilines is 1. The first-order valence-electron chi connectivity index (χ1n) is 15.9. The van der Waals surface area contributed by atoms with Gasteiger partial charge >= 0.3 is 0 Å². The molecule has 2 atom stereocenters. The summed E-state index contributed by atoms with van der Waals surface area (Å²) in [6, 6.07) is 18.4. The van der Waals surface area contributed by atoms with Gasteiger partial charge in [-0.3, -0.25) is 29.5 Å². The number of nitrogens with two attached hydrogens (primary N) is 1. The molecule has 3 aromatic rings. The third-order valence-corrected chi connectivity index (χ3v) is 9.76. The van der Waals surface area contributed by atoms with E-state index in [1.54, 1.807) is 4.90 Å². The number of benzene rings is 3. The van der Waals surface area contributed by atoms with Crippen molar-refractivity contribution in [2.24, 2.45) is 5.73 Å². The Labute approximate surface area is 252 Å². The van der Waals surface area contributed by atoms with Crippen molar-refractivity contribution in [1.82, 2.24) is 10.2 Å². The maximum atomic E-state index is 13.5. The number of likely N-dealkylation sites (tertiary alicyclic amines) is 1. The molecule has 3 fully saturated rings. The van der Waals surface area contributed by atoms with Gasteiger partial charge in [-0.05, 0) is 92.0 Å². The lowest BCUT2D eigenvalue weighted by Gasteiger charge is -2.39. The molecule has 3 amide bonds. The Morgan fingerprint density at radius 1 is 0.860 bits per heavy atom. The Morgan fingerprint density at radius 3 is 2.44 bits per heavy atom. The number of nitrogens with one attached hydrogen (secondary N) is 1. The van der Waals surface area contributed by atoms with Gasteiger partial charge in [0.2, 0.25) is 11.8 Å². The molecule has 0 radical (unpaired) electrons. The highest BCUT2D eigenvalue weighted by Crippen LogP contribution is 2.41. The first-order chi connectivity index (χ1) is 20.9. The van der Waals surface area contributed by atoms with E-state index >= 15 is 0 Å². The van der Waals surface area contributed by atoms with Crippen molar-refractivity contribution in [3.63, 3.8) is 0 Å². The van der Waals surface area contributed by atoms with Gasteiger partial charge in [-0.25, -0.2) is 0 Å². The van der Waals surface area contributed by atoms with Crippen molar-refractivity contribution in [2.45, 2.75) is 95.2 Å². The molecule has 224 valence electrons. The standard InChI is InChI=1S/C35H40N4O4/c36-25-12-14-26(15-13-25)43-32-6-1-2-19-38(32)21-23-9-7-22(8-10-23)20-24-11-16-29-33-27(24)4-3-5-28(33)35(42)39(29)30-17-18-31(40)37-34(30)41/h3-5,7-11,16,25-26,30,32H,1-2,6,12-15,17-21,36H2,(H,37,40,41)/t25?,26?,30-,32-/m0/s1. The number of ether oxygens (including phenoxy) is 1. The normalized spacial score (nSPS) is 26.3. The second-order valence-electron chi connectivity index (χ2n) is 12.7. The molecule has 0 aromatic heterocycles. The number of hydrogen-bond donors (Lipinski definition) is 2. The average Bonchev–Trinajstić information content (AvgIpc) is 3.30. The summed E-state index contributed by atoms with van der Waals surface area (Å²) in [5.74, 6) is -0.870. The largest absolute Gasteiger partial charge is 0.360 e. The van der Waals surface area contributed by atoms with Crippen LogP contribution in [0.4, 0.5) is 5.69 Å². The van der Waals surface area contributed by atoms with E-state index in [4.69, 9.17) is 10.5 Å². The molecule has 0 bridgehead atoms. The third kappa shape index (κ3) is 5.59. The molecule has 3 heterocycles. The van der Waals surface area contributed by atoms with Crippen LogP contribution in [-0.2, 0) is 27.3 Å². The summed E-state index contributed by atoms with van der Waals surface area (Å²) in [6.45, 7) is 1.95. The van der Waals surface area contributed by atoms with Gasteiger partial charge in [0.1, 0.15) is 12.3 Å². The lowest BCUT2D eigenvalue weighted by Crippen LogP contribution is -2.53. The molecule has 0 unspecified atom stereocenters. The number of carbonyl (C=O) groups excluding carboxylic acids is 3. The van der Waals surface area contributed by atoms with E-state index in [1.165, 1.54) is 24.0 Å². The van der Waals surface area contributed by atoms with Crippen LogP contribution in [-0.4, -0.2) is 53.6 Å². The van der Waals surface area contributed by atoms with Crippen molar-refractivity contribution in [2.75, 3.05) is 11.4 Å². The Hall–Kier alpha value is -3.59. The molecule has 43 heavy (non-hydrogen) atoms. The van der Waals surface area contributed by atoms with Gasteiger partial charge in [0.15, 0.2) is 0 Å². The Kier molecular flexibility index (Phi) is 7.76. The Balaban J connectivity index is 1.06. The number of amides is 3. The van der Waals surface area contributed by atoms with Crippen LogP contribution in [0, 0.1) is 0 Å². The molecule has 8 nitrogen and oxygen atoms in total. The quantitative estimate of drug-likeness (QED) is 0.389. The van der Waals surface area contributed by atoms with Crippen LogP contribution in [0.3, 0.4) is 0 Å². The minimum absolute atomic E-state index is 0.177. The number of imide groups is 1. The fourth-order valence-corrected chi connectivity index (χ4v) is 7.42. The molecule has 0 spiro atoms. The summed E-state index contributed by atoms with van der Waals surface area (Å²) in [5, 5.41) is 4.31. The van der Waals surface area contributed by atoms with Gasteiger partial charge in [0, 0.05) is 36.5 Å². The molecular formula is C35H40N4O4. The smallest absolute Gasteiger partial charge is 0.259 e. The average molecular weight is 581 g/mol. The molecular weight excluding hydrogens is 540 g/mol. The van der Waals surface area contributed by atoms with Crippen LogP contribution in [0.25, 0.3) is 10.8 Å². The fraction of sp³-hybridized carbons (Fsp3) is 0.457. The zero-order valence-electron chi connectivity index (χ0n) is 24.6. The summed E-state index contributed by atoms with van der Waals surface area (Å²) in [7, 11) is 0. The van der Waals surface area contributed by atoms with Gasteiger partial charge in [-0.2, -0.15) is 0 Å². The van der Waals surface area contributed by atoms with E-state index in [1.807, 2.05) is 18.2 Å². The van der Waals surface area contributed by atoms with E-state index in [-0.39, 0.29) is 24.5 Å². The monoisotopic (exact) mass is 580 g/mol. The van der Waals surface area contributed by atoms with Crippen molar-refractivity contribution < 1.29 is 19.1 Å². The molecule has 8 heteroatoms. The van der Waals surface area contributed by atoms with Crippen LogP contribution in [0.5, 0.6) is 0 Å². The number of hydrogen-bond acceptors (Lipinski definition) is 6. The highest BCUT2D eigenvalue weighted by atomic mass is 16.5. The predicted molar refractivity (Wildman–Crippen MR) is 166 cm³/mol. The van der Waals surface area contributed by atoms with Crippen molar-refractivity contribution >= 4 is 34.2 Å². The van der Waals surface area contributed by atoms with Crippen LogP contribution in [0.1, 0.15) is 84.8 Å². The zero-order chi connectivity index (χ0) is 29.5. The highest BCUT2D eigenvalue weighted by Gasteiger charge is 2.40. The highest BCUT2D eigenvalue weighted by molar-refractivity contribution is 6.27. The van der Waals surface area contributed by atoms with Gasteiger partial charge in [-0.15, -0.1) is 0 Å². The number of rotatable bonds is 7. The van der Waals surface area contributed by atoms with Crippen molar-refractivity contribution in [3.05, 3.63) is 76.9 Å². The van der Waals surface area contributed by atoms with E-state index in [0.29, 0.717) is 24.1 Å². The minimum Gasteiger partial charge on any atom is -0.360 e. The molecule has 1 saturated carbocycles. The van der Waals surface area contributed by atoms with Gasteiger partial charge in [0.25, 0.3) is 5.91 Å². The zero-order valence-corrected chi connectivity index (χ0v) is 24.6. The van der Waals surface area contributed by atoms with E-state index in [0.717, 1.165) is 73.6 Å². The van der Waals surface area contributed by atoms with Gasteiger partial charge < -0.3 is 10.5 Å². The first-order valence-corrected chi connectivity index (χ1v) is 15.9. The predicted octanol–water partition coefficient (Wildman–Crippen LogP) is 4.79. The minimum atomic E-state index is -0.676. The van der Waals surface area contributed by atoms with E-state index < -0.39 is 11.9 Å². The van der Waals surface area contributed by atoms with Gasteiger partial charge in [0.05, 0.1) is 11.8 Å². The number of nitrogens with zero attached hydrogens (tertiary/aromatic N) is 2. The van der Waals surface area contributed by atoms with E-state index in [2.05, 4.69) is 46.6 Å². The molecule has 3 aliphatic heterocycles. The van der Waals surface area contributed by atoms with Crippen LogP contribution in [0.15, 0.2) is 54.6 Å². The molecule has 3 N–H and O–H groups in total. The van der Waals surface area contributed by atoms with Crippen LogP contribution < -0.4 is 16.0 Å². The van der Waals surface area contributed by atoms with Crippen LogP contribution >= 0.6 is 0 Å². The first kappa shape index (κ1) is 28.2. The second-order valence-corrected chi connectivity index (χ2v) is 12.7. The summed E-state index contributed by atoms with van der Waals surface area (Å²) < 4.78 is 6.60. The Morgan fingerprint density at radius 2 is 1.65 bits per heavy atom. The van der Waals surface area contributed by atoms with Crippen molar-refractivity contribution in [3.8, 4) is 0 Å². The molecule has 1 aliphatic carbocycles. The maximum absolute atomic E-state index is 13.5. The number of piperidine rings is 2. The summed E-state index contributed by atoms with van der Waals surface area (Å²) in [5.41, 5.74) is 11.1. The summed E-state index contributed by atoms with van der Waals surface area (Å²) in [4.78, 5) is 41.9. The lowest BCUT2D eigenvalue weighted by molar-refractivity contribution is -0.134. The molecule has 7 rings (SSSR count). The van der Waals surface area contributed by atoms with Crippen molar-refractivity contribution in [1.29, 1.82) is 0 Å². The lowest BCUT2D eigenvalue weighted by atomic mass is 9.93. The van der Waals surface area contributed by atoms with Crippen LogP contribution in [0.2, 0.25) is 0 Å². The second kappa shape index (κ2) is 11.8. The maximum Gasteiger partial charge on any atom is 0.259 e. The fourth-order valence-electron chi connectivity index (χ4n) is 7.42. The summed E-state index contributed by atoms with van der Waals surface area (Å²) in [6.07, 6.45) is 9.61. The molecule has 2 saturated heterocycles.